The van der Waals surface area contributed by atoms with Crippen LogP contribution < -0.4 is 10.6 Å². The second kappa shape index (κ2) is 8.71. The van der Waals surface area contributed by atoms with Crippen molar-refractivity contribution in [3.05, 3.63) is 59.2 Å². The summed E-state index contributed by atoms with van der Waals surface area (Å²) in [6.07, 6.45) is 3.31. The van der Waals surface area contributed by atoms with Gasteiger partial charge in [-0.1, -0.05) is 12.1 Å². The Morgan fingerprint density at radius 1 is 0.926 bits per heavy atom. The number of hydrogen-bond acceptors (Lipinski definition) is 3. The first-order chi connectivity index (χ1) is 13.0. The summed E-state index contributed by atoms with van der Waals surface area (Å²) in [6, 6.07) is 13.3. The molecule has 0 saturated carbocycles. The fraction of sp³-hybridized carbons (Fsp3) is 0.364. The highest BCUT2D eigenvalue weighted by molar-refractivity contribution is 5.98. The van der Waals surface area contributed by atoms with Gasteiger partial charge in [-0.05, 0) is 74.6 Å². The normalized spacial score (nSPS) is 13.9. The van der Waals surface area contributed by atoms with Gasteiger partial charge in [0.2, 0.25) is 5.91 Å². The zero-order valence-corrected chi connectivity index (χ0v) is 16.0. The van der Waals surface area contributed by atoms with Crippen molar-refractivity contribution in [2.75, 3.05) is 30.3 Å². The summed E-state index contributed by atoms with van der Waals surface area (Å²) >= 11 is 0. The molecule has 2 aromatic carbocycles. The molecular formula is C22H27N3O2. The van der Waals surface area contributed by atoms with E-state index >= 15 is 0 Å². The Morgan fingerprint density at radius 2 is 1.63 bits per heavy atom. The second-order valence-electron chi connectivity index (χ2n) is 7.21. The molecule has 1 heterocycles. The molecule has 2 amide bonds. The monoisotopic (exact) mass is 365 g/mol. The zero-order chi connectivity index (χ0) is 19.2. The Balaban J connectivity index is 1.58. The van der Waals surface area contributed by atoms with E-state index in [0.29, 0.717) is 11.3 Å². The number of rotatable bonds is 5. The Hall–Kier alpha value is -2.82. The summed E-state index contributed by atoms with van der Waals surface area (Å²) in [5.41, 5.74) is 4.50. The van der Waals surface area contributed by atoms with E-state index in [2.05, 4.69) is 16.7 Å². The van der Waals surface area contributed by atoms with Crippen molar-refractivity contribution in [3.8, 4) is 0 Å². The van der Waals surface area contributed by atoms with Gasteiger partial charge in [-0.3, -0.25) is 9.59 Å². The number of nitrogens with one attached hydrogen (secondary N) is 2. The Morgan fingerprint density at radius 3 is 2.33 bits per heavy atom. The molecule has 1 saturated heterocycles. The van der Waals surface area contributed by atoms with Crippen LogP contribution in [-0.4, -0.2) is 36.3 Å². The van der Waals surface area contributed by atoms with Crippen LogP contribution in [-0.2, 0) is 4.79 Å². The number of hydrogen-bond donors (Lipinski definition) is 2. The van der Waals surface area contributed by atoms with E-state index in [1.165, 1.54) is 6.42 Å². The van der Waals surface area contributed by atoms with Crippen LogP contribution in [0.3, 0.4) is 0 Å². The highest BCUT2D eigenvalue weighted by Crippen LogP contribution is 2.17. The van der Waals surface area contributed by atoms with E-state index in [9.17, 15) is 9.59 Å². The molecule has 1 aliphatic heterocycles. The SMILES string of the molecule is Cc1cc(C)cc(NCC(=O)Nc2cccc(C(=O)N3CCCCC3)c2)c1. The third-order valence-corrected chi connectivity index (χ3v) is 4.71. The van der Waals surface area contributed by atoms with Crippen LogP contribution in [0.5, 0.6) is 0 Å². The van der Waals surface area contributed by atoms with Gasteiger partial charge in [0, 0.05) is 30.0 Å². The number of nitrogens with zero attached hydrogens (tertiary/aromatic N) is 1. The largest absolute Gasteiger partial charge is 0.376 e. The van der Waals surface area contributed by atoms with E-state index in [1.807, 2.05) is 43.0 Å². The minimum Gasteiger partial charge on any atom is -0.376 e. The van der Waals surface area contributed by atoms with Crippen molar-refractivity contribution in [1.29, 1.82) is 0 Å². The van der Waals surface area contributed by atoms with Crippen molar-refractivity contribution in [1.82, 2.24) is 4.90 Å². The standard InChI is InChI=1S/C22H27N3O2/c1-16-11-17(2)13-20(12-16)23-15-21(26)24-19-8-6-7-18(14-19)22(27)25-9-4-3-5-10-25/h6-8,11-14,23H,3-5,9-10,15H2,1-2H3,(H,24,26). The van der Waals surface area contributed by atoms with Crippen LogP contribution in [0.15, 0.2) is 42.5 Å². The molecule has 0 aliphatic carbocycles. The van der Waals surface area contributed by atoms with E-state index in [1.54, 1.807) is 12.1 Å². The number of aryl methyl sites for hydroxylation is 2. The minimum atomic E-state index is -0.142. The average molecular weight is 365 g/mol. The maximum absolute atomic E-state index is 12.6. The number of piperidine rings is 1. The predicted octanol–water partition coefficient (Wildman–Crippen LogP) is 3.98. The van der Waals surface area contributed by atoms with E-state index in [-0.39, 0.29) is 18.4 Å². The molecule has 1 fully saturated rings. The number of amides is 2. The highest BCUT2D eigenvalue weighted by Gasteiger charge is 2.18. The molecule has 1 aliphatic rings. The first kappa shape index (κ1) is 19.0. The van der Waals surface area contributed by atoms with Gasteiger partial charge in [-0.25, -0.2) is 0 Å². The molecule has 3 rings (SSSR count). The molecule has 5 nitrogen and oxygen atoms in total. The molecule has 0 atom stereocenters. The highest BCUT2D eigenvalue weighted by atomic mass is 16.2. The first-order valence-corrected chi connectivity index (χ1v) is 9.52. The smallest absolute Gasteiger partial charge is 0.253 e. The summed E-state index contributed by atoms with van der Waals surface area (Å²) < 4.78 is 0. The number of carbonyl (C=O) groups excluding carboxylic acids is 2. The Bertz CT molecular complexity index is 806. The third kappa shape index (κ3) is 5.33. The van der Waals surface area contributed by atoms with Crippen LogP contribution >= 0.6 is 0 Å². The van der Waals surface area contributed by atoms with Gasteiger partial charge in [0.25, 0.3) is 5.91 Å². The number of likely N-dealkylation sites (tertiary alicyclic amines) is 1. The van der Waals surface area contributed by atoms with E-state index in [4.69, 9.17) is 0 Å². The van der Waals surface area contributed by atoms with Crippen molar-refractivity contribution in [2.45, 2.75) is 33.1 Å². The van der Waals surface area contributed by atoms with Crippen LogP contribution in [0.25, 0.3) is 0 Å². The molecular weight excluding hydrogens is 338 g/mol. The molecule has 0 radical (unpaired) electrons. The maximum Gasteiger partial charge on any atom is 0.253 e. The van der Waals surface area contributed by atoms with Gasteiger partial charge in [0.15, 0.2) is 0 Å². The lowest BCUT2D eigenvalue weighted by Gasteiger charge is -2.26. The average Bonchev–Trinajstić information content (AvgIpc) is 2.66. The maximum atomic E-state index is 12.6. The molecule has 2 aromatic rings. The van der Waals surface area contributed by atoms with Crippen LogP contribution in [0.1, 0.15) is 40.7 Å². The fourth-order valence-corrected chi connectivity index (χ4v) is 3.47. The Kier molecular flexibility index (Phi) is 6.12. The minimum absolute atomic E-state index is 0.0409. The molecule has 2 N–H and O–H groups in total. The quantitative estimate of drug-likeness (QED) is 0.842. The zero-order valence-electron chi connectivity index (χ0n) is 16.0. The van der Waals surface area contributed by atoms with Crippen LogP contribution in [0, 0.1) is 13.8 Å². The molecule has 0 unspecified atom stereocenters. The van der Waals surface area contributed by atoms with Gasteiger partial charge in [-0.15, -0.1) is 0 Å². The second-order valence-corrected chi connectivity index (χ2v) is 7.21. The van der Waals surface area contributed by atoms with E-state index in [0.717, 1.165) is 42.7 Å². The number of anilines is 2. The molecule has 142 valence electrons. The van der Waals surface area contributed by atoms with Crippen molar-refractivity contribution >= 4 is 23.2 Å². The number of carbonyl (C=O) groups is 2. The fourth-order valence-electron chi connectivity index (χ4n) is 3.47. The molecule has 0 bridgehead atoms. The summed E-state index contributed by atoms with van der Waals surface area (Å²) in [4.78, 5) is 26.8. The van der Waals surface area contributed by atoms with Gasteiger partial charge in [-0.2, -0.15) is 0 Å². The van der Waals surface area contributed by atoms with Crippen molar-refractivity contribution in [3.63, 3.8) is 0 Å². The molecule has 0 aromatic heterocycles. The van der Waals surface area contributed by atoms with Gasteiger partial charge in [0.05, 0.1) is 6.54 Å². The third-order valence-electron chi connectivity index (χ3n) is 4.71. The van der Waals surface area contributed by atoms with Crippen LogP contribution in [0.2, 0.25) is 0 Å². The van der Waals surface area contributed by atoms with Crippen molar-refractivity contribution < 1.29 is 9.59 Å². The summed E-state index contributed by atoms with van der Waals surface area (Å²) in [5.74, 6) is -0.101. The lowest BCUT2D eigenvalue weighted by atomic mass is 10.1. The van der Waals surface area contributed by atoms with Crippen molar-refractivity contribution in [2.24, 2.45) is 0 Å². The lowest BCUT2D eigenvalue weighted by Crippen LogP contribution is -2.35. The predicted molar refractivity (Wildman–Crippen MR) is 109 cm³/mol. The van der Waals surface area contributed by atoms with Gasteiger partial charge < -0.3 is 15.5 Å². The molecule has 5 heteroatoms. The topological polar surface area (TPSA) is 61.4 Å². The molecule has 0 spiro atoms. The lowest BCUT2D eigenvalue weighted by molar-refractivity contribution is -0.114. The molecule has 27 heavy (non-hydrogen) atoms. The number of benzene rings is 2. The van der Waals surface area contributed by atoms with Gasteiger partial charge >= 0.3 is 0 Å². The van der Waals surface area contributed by atoms with E-state index < -0.39 is 0 Å². The summed E-state index contributed by atoms with van der Waals surface area (Å²) in [6.45, 7) is 5.86. The Labute approximate surface area is 160 Å². The summed E-state index contributed by atoms with van der Waals surface area (Å²) in [5, 5.41) is 6.02. The summed E-state index contributed by atoms with van der Waals surface area (Å²) in [7, 11) is 0. The first-order valence-electron chi connectivity index (χ1n) is 9.52. The van der Waals surface area contributed by atoms with Gasteiger partial charge in [0.1, 0.15) is 0 Å². The van der Waals surface area contributed by atoms with Crippen LogP contribution in [0.4, 0.5) is 11.4 Å².